The molecule has 0 saturated carbocycles. The van der Waals surface area contributed by atoms with Gasteiger partial charge in [0.25, 0.3) is 0 Å². The lowest BCUT2D eigenvalue weighted by Crippen LogP contribution is -2.49. The largest absolute Gasteiger partial charge is 0.460 e. The Morgan fingerprint density at radius 1 is 1.53 bits per heavy atom. The van der Waals surface area contributed by atoms with Gasteiger partial charge in [-0.3, -0.25) is 14.9 Å². The van der Waals surface area contributed by atoms with Gasteiger partial charge in [-0.2, -0.15) is 0 Å². The second-order valence-corrected chi connectivity index (χ2v) is 6.09. The highest BCUT2D eigenvalue weighted by atomic mass is 16.6. The number of hydrogen-bond donors (Lipinski definition) is 3. The van der Waals surface area contributed by atoms with Crippen molar-refractivity contribution < 1.29 is 19.4 Å². The maximum atomic E-state index is 11.9. The topological polar surface area (TPSA) is 87.7 Å². The van der Waals surface area contributed by atoms with Crippen LogP contribution in [0.15, 0.2) is 0 Å². The Balaban J connectivity index is 2.71. The summed E-state index contributed by atoms with van der Waals surface area (Å²) in [7, 11) is 0. The summed E-state index contributed by atoms with van der Waals surface area (Å²) in [6.07, 6.45) is -0.275. The molecule has 110 valence electrons. The zero-order valence-electron chi connectivity index (χ0n) is 12.2. The van der Waals surface area contributed by atoms with Crippen LogP contribution in [0.5, 0.6) is 0 Å². The van der Waals surface area contributed by atoms with Gasteiger partial charge < -0.3 is 15.2 Å². The molecular formula is C13H24N2O4. The van der Waals surface area contributed by atoms with Crippen molar-refractivity contribution >= 4 is 11.9 Å². The van der Waals surface area contributed by atoms with E-state index in [4.69, 9.17) is 4.74 Å². The molecule has 1 fully saturated rings. The van der Waals surface area contributed by atoms with Crippen molar-refractivity contribution in [3.8, 4) is 0 Å². The number of hydrogen-bond acceptors (Lipinski definition) is 5. The molecule has 1 rings (SSSR count). The van der Waals surface area contributed by atoms with Crippen LogP contribution in [0.4, 0.5) is 0 Å². The van der Waals surface area contributed by atoms with E-state index in [1.807, 2.05) is 6.92 Å². The zero-order chi connectivity index (χ0) is 14.8. The van der Waals surface area contributed by atoms with Gasteiger partial charge in [-0.15, -0.1) is 0 Å². The number of ether oxygens (including phenoxy) is 1. The quantitative estimate of drug-likeness (QED) is 0.649. The second-order valence-electron chi connectivity index (χ2n) is 6.09. The number of aliphatic hydroxyl groups is 1. The van der Waals surface area contributed by atoms with Crippen molar-refractivity contribution in [2.75, 3.05) is 0 Å². The molecule has 1 aliphatic rings. The van der Waals surface area contributed by atoms with Gasteiger partial charge in [0.1, 0.15) is 11.1 Å². The smallest absolute Gasteiger partial charge is 0.309 e. The van der Waals surface area contributed by atoms with Gasteiger partial charge in [0.15, 0.2) is 6.35 Å². The first kappa shape index (κ1) is 15.9. The number of carbonyl (C=O) groups is 2. The van der Waals surface area contributed by atoms with E-state index >= 15 is 0 Å². The number of nitrogens with one attached hydrogen (secondary N) is 2. The van der Waals surface area contributed by atoms with Crippen molar-refractivity contribution in [3.05, 3.63) is 0 Å². The van der Waals surface area contributed by atoms with E-state index in [1.165, 1.54) is 0 Å². The molecule has 1 saturated heterocycles. The summed E-state index contributed by atoms with van der Waals surface area (Å²) in [5.74, 6) is -1.04. The van der Waals surface area contributed by atoms with E-state index in [0.29, 0.717) is 12.8 Å². The molecule has 0 aliphatic carbocycles. The van der Waals surface area contributed by atoms with Gasteiger partial charge in [-0.25, -0.2) is 0 Å². The van der Waals surface area contributed by atoms with Crippen molar-refractivity contribution in [1.82, 2.24) is 10.6 Å². The highest BCUT2D eigenvalue weighted by Crippen LogP contribution is 2.26. The Morgan fingerprint density at radius 2 is 2.11 bits per heavy atom. The molecule has 6 heteroatoms. The Labute approximate surface area is 113 Å². The molecule has 0 aromatic rings. The molecule has 3 atom stereocenters. The Kier molecular flexibility index (Phi) is 4.58. The van der Waals surface area contributed by atoms with Gasteiger partial charge >= 0.3 is 5.97 Å². The molecule has 0 aromatic carbocycles. The van der Waals surface area contributed by atoms with Crippen LogP contribution in [-0.4, -0.2) is 34.5 Å². The van der Waals surface area contributed by atoms with E-state index in [-0.39, 0.29) is 11.9 Å². The van der Waals surface area contributed by atoms with Crippen LogP contribution in [0.1, 0.15) is 47.5 Å². The molecule has 19 heavy (non-hydrogen) atoms. The summed E-state index contributed by atoms with van der Waals surface area (Å²) in [5, 5.41) is 14.7. The van der Waals surface area contributed by atoms with Crippen molar-refractivity contribution in [2.24, 2.45) is 5.92 Å². The van der Waals surface area contributed by atoms with Gasteiger partial charge in [0.05, 0.1) is 5.92 Å². The molecule has 6 nitrogen and oxygen atoms in total. The average molecular weight is 272 g/mol. The summed E-state index contributed by atoms with van der Waals surface area (Å²) in [4.78, 5) is 23.8. The highest BCUT2D eigenvalue weighted by Gasteiger charge is 2.46. The summed E-state index contributed by atoms with van der Waals surface area (Å²) >= 11 is 0. The maximum Gasteiger partial charge on any atom is 0.309 e. The van der Waals surface area contributed by atoms with Gasteiger partial charge in [-0.05, 0) is 33.6 Å². The minimum atomic E-state index is -1.06. The molecule has 0 bridgehead atoms. The lowest BCUT2D eigenvalue weighted by molar-refractivity contribution is -0.160. The van der Waals surface area contributed by atoms with Crippen molar-refractivity contribution in [1.29, 1.82) is 0 Å². The van der Waals surface area contributed by atoms with Crippen LogP contribution >= 0.6 is 0 Å². The van der Waals surface area contributed by atoms with Crippen LogP contribution < -0.4 is 10.6 Å². The molecule has 3 unspecified atom stereocenters. The SMILES string of the molecule is CCC1(CC(C)C(=O)OC(C)(C)C)NC(O)NC1=O. The average Bonchev–Trinajstić information content (AvgIpc) is 2.51. The zero-order valence-corrected chi connectivity index (χ0v) is 12.2. The number of amides is 1. The van der Waals surface area contributed by atoms with Crippen LogP contribution in [0.25, 0.3) is 0 Å². The van der Waals surface area contributed by atoms with Gasteiger partial charge in [0, 0.05) is 0 Å². The fourth-order valence-corrected chi connectivity index (χ4v) is 2.19. The monoisotopic (exact) mass is 272 g/mol. The Bertz CT molecular complexity index is 364. The summed E-state index contributed by atoms with van der Waals surface area (Å²) in [6.45, 7) is 8.98. The van der Waals surface area contributed by atoms with Crippen molar-refractivity contribution in [3.63, 3.8) is 0 Å². The number of esters is 1. The number of carbonyl (C=O) groups excluding carboxylic acids is 2. The lowest BCUT2D eigenvalue weighted by Gasteiger charge is -2.29. The molecule has 0 radical (unpaired) electrons. The van der Waals surface area contributed by atoms with Gasteiger partial charge in [-0.1, -0.05) is 13.8 Å². The first-order valence-electron chi connectivity index (χ1n) is 6.59. The maximum absolute atomic E-state index is 11.9. The van der Waals surface area contributed by atoms with E-state index in [2.05, 4.69) is 10.6 Å². The summed E-state index contributed by atoms with van der Waals surface area (Å²) in [6, 6.07) is 0. The first-order valence-corrected chi connectivity index (χ1v) is 6.59. The van der Waals surface area contributed by atoms with Crippen LogP contribution in [0.2, 0.25) is 0 Å². The van der Waals surface area contributed by atoms with E-state index < -0.39 is 23.4 Å². The predicted octanol–water partition coefficient (Wildman–Crippen LogP) is 0.498. The highest BCUT2D eigenvalue weighted by molar-refractivity contribution is 5.89. The number of rotatable bonds is 4. The van der Waals surface area contributed by atoms with E-state index in [0.717, 1.165) is 0 Å². The van der Waals surface area contributed by atoms with Crippen LogP contribution in [0.3, 0.4) is 0 Å². The minimum absolute atomic E-state index is 0.280. The van der Waals surface area contributed by atoms with Gasteiger partial charge in [0.2, 0.25) is 5.91 Å². The third-order valence-corrected chi connectivity index (χ3v) is 3.18. The third-order valence-electron chi connectivity index (χ3n) is 3.18. The van der Waals surface area contributed by atoms with Crippen molar-refractivity contribution in [2.45, 2.75) is 65.0 Å². The van der Waals surface area contributed by atoms with Crippen LogP contribution in [0, 0.1) is 5.92 Å². The molecule has 3 N–H and O–H groups in total. The standard InChI is InChI=1S/C13H24N2O4/c1-6-13(10(17)14-11(18)15-13)7-8(2)9(16)19-12(3,4)5/h8,11,15,18H,6-7H2,1-5H3,(H,14,17). The lowest BCUT2D eigenvalue weighted by atomic mass is 9.86. The summed E-state index contributed by atoms with van der Waals surface area (Å²) < 4.78 is 5.30. The molecule has 0 spiro atoms. The Morgan fingerprint density at radius 3 is 2.47 bits per heavy atom. The molecular weight excluding hydrogens is 248 g/mol. The molecule has 1 aliphatic heterocycles. The minimum Gasteiger partial charge on any atom is -0.460 e. The van der Waals surface area contributed by atoms with E-state index in [1.54, 1.807) is 27.7 Å². The predicted molar refractivity (Wildman–Crippen MR) is 69.9 cm³/mol. The fourth-order valence-electron chi connectivity index (χ4n) is 2.19. The van der Waals surface area contributed by atoms with E-state index in [9.17, 15) is 14.7 Å². The second kappa shape index (κ2) is 5.46. The van der Waals surface area contributed by atoms with Crippen LogP contribution in [-0.2, 0) is 14.3 Å². The molecule has 1 amide bonds. The third kappa shape index (κ3) is 3.91. The summed E-state index contributed by atoms with van der Waals surface area (Å²) in [5.41, 5.74) is -1.45. The molecule has 1 heterocycles. The normalized spacial score (nSPS) is 28.9. The number of aliphatic hydroxyl groups excluding tert-OH is 1. The first-order chi connectivity index (χ1) is 8.59. The Hall–Kier alpha value is -1.14. The fraction of sp³-hybridized carbons (Fsp3) is 0.846. The molecule has 0 aromatic heterocycles.